The van der Waals surface area contributed by atoms with Gasteiger partial charge in [-0.15, -0.1) is 0 Å². The van der Waals surface area contributed by atoms with Crippen molar-refractivity contribution in [3.05, 3.63) is 33.4 Å². The van der Waals surface area contributed by atoms with Crippen LogP contribution in [0.5, 0.6) is 0 Å². The SMILES string of the molecule is CCc1cc([N+](=O)[O-])cc(S(=O)(=O)NN)c1C. The van der Waals surface area contributed by atoms with E-state index in [4.69, 9.17) is 5.84 Å². The van der Waals surface area contributed by atoms with Crippen molar-refractivity contribution in [1.29, 1.82) is 0 Å². The average Bonchev–Trinajstić information content (AvgIpc) is 2.28. The highest BCUT2D eigenvalue weighted by molar-refractivity contribution is 7.89. The van der Waals surface area contributed by atoms with Crippen molar-refractivity contribution in [3.63, 3.8) is 0 Å². The van der Waals surface area contributed by atoms with Crippen LogP contribution in [0.2, 0.25) is 0 Å². The Morgan fingerprint density at radius 1 is 1.47 bits per heavy atom. The standard InChI is InChI=1S/C9H13N3O4S/c1-3-7-4-8(12(13)14)5-9(6(7)2)17(15,16)11-10/h4-5,11H,3,10H2,1-2H3. The monoisotopic (exact) mass is 259 g/mol. The lowest BCUT2D eigenvalue weighted by atomic mass is 10.1. The highest BCUT2D eigenvalue weighted by Gasteiger charge is 2.21. The zero-order valence-corrected chi connectivity index (χ0v) is 10.2. The molecule has 0 spiro atoms. The van der Waals surface area contributed by atoms with Gasteiger partial charge in [0.15, 0.2) is 0 Å². The van der Waals surface area contributed by atoms with E-state index in [2.05, 4.69) is 0 Å². The molecular formula is C9H13N3O4S. The first-order valence-electron chi connectivity index (χ1n) is 4.83. The summed E-state index contributed by atoms with van der Waals surface area (Å²) >= 11 is 0. The fourth-order valence-electron chi connectivity index (χ4n) is 1.54. The number of benzene rings is 1. The third-order valence-corrected chi connectivity index (χ3v) is 3.80. The summed E-state index contributed by atoms with van der Waals surface area (Å²) in [5.41, 5.74) is 0.811. The van der Waals surface area contributed by atoms with Crippen LogP contribution >= 0.6 is 0 Å². The van der Waals surface area contributed by atoms with E-state index in [0.29, 0.717) is 17.5 Å². The molecule has 0 heterocycles. The van der Waals surface area contributed by atoms with Gasteiger partial charge in [0.2, 0.25) is 0 Å². The fraction of sp³-hybridized carbons (Fsp3) is 0.333. The lowest BCUT2D eigenvalue weighted by Crippen LogP contribution is -2.31. The average molecular weight is 259 g/mol. The van der Waals surface area contributed by atoms with Gasteiger partial charge in [-0.1, -0.05) is 6.92 Å². The molecule has 0 radical (unpaired) electrons. The first-order valence-corrected chi connectivity index (χ1v) is 6.32. The van der Waals surface area contributed by atoms with Gasteiger partial charge in [0, 0.05) is 12.1 Å². The van der Waals surface area contributed by atoms with Gasteiger partial charge in [-0.2, -0.15) is 4.83 Å². The molecule has 0 amide bonds. The predicted molar refractivity (Wildman–Crippen MR) is 61.7 cm³/mol. The molecular weight excluding hydrogens is 246 g/mol. The lowest BCUT2D eigenvalue weighted by Gasteiger charge is -2.10. The van der Waals surface area contributed by atoms with Crippen LogP contribution in [0.1, 0.15) is 18.1 Å². The summed E-state index contributed by atoms with van der Waals surface area (Å²) in [6.45, 7) is 3.38. The molecule has 1 aromatic rings. The van der Waals surface area contributed by atoms with E-state index in [1.165, 1.54) is 6.07 Å². The van der Waals surface area contributed by atoms with Gasteiger partial charge in [-0.25, -0.2) is 8.42 Å². The van der Waals surface area contributed by atoms with E-state index < -0.39 is 14.9 Å². The summed E-state index contributed by atoms with van der Waals surface area (Å²) in [6.07, 6.45) is 0.501. The zero-order valence-electron chi connectivity index (χ0n) is 9.43. The number of nitrogens with one attached hydrogen (secondary N) is 1. The zero-order chi connectivity index (χ0) is 13.2. The van der Waals surface area contributed by atoms with Gasteiger partial charge >= 0.3 is 0 Å². The second-order valence-electron chi connectivity index (χ2n) is 3.46. The Bertz CT molecular complexity index is 554. The van der Waals surface area contributed by atoms with Crippen LogP contribution in [-0.4, -0.2) is 13.3 Å². The van der Waals surface area contributed by atoms with E-state index in [9.17, 15) is 18.5 Å². The van der Waals surface area contributed by atoms with Crippen LogP contribution in [0.4, 0.5) is 5.69 Å². The van der Waals surface area contributed by atoms with Gasteiger partial charge in [0.1, 0.15) is 0 Å². The number of nitro benzene ring substituents is 1. The van der Waals surface area contributed by atoms with Gasteiger partial charge in [-0.05, 0) is 24.5 Å². The number of hydrogen-bond acceptors (Lipinski definition) is 5. The van der Waals surface area contributed by atoms with Crippen LogP contribution in [0.25, 0.3) is 0 Å². The molecule has 17 heavy (non-hydrogen) atoms. The molecule has 0 saturated carbocycles. The number of nitrogens with two attached hydrogens (primary N) is 1. The molecule has 0 aromatic heterocycles. The van der Waals surface area contributed by atoms with Crippen LogP contribution in [0, 0.1) is 17.0 Å². The molecule has 3 N–H and O–H groups in total. The predicted octanol–water partition coefficient (Wildman–Crippen LogP) is 0.618. The minimum absolute atomic E-state index is 0.161. The molecule has 0 fully saturated rings. The third-order valence-electron chi connectivity index (χ3n) is 2.49. The van der Waals surface area contributed by atoms with Crippen molar-refractivity contribution in [2.45, 2.75) is 25.2 Å². The van der Waals surface area contributed by atoms with E-state index in [1.54, 1.807) is 18.7 Å². The highest BCUT2D eigenvalue weighted by atomic mass is 32.2. The smallest absolute Gasteiger partial charge is 0.258 e. The van der Waals surface area contributed by atoms with Crippen LogP contribution in [-0.2, 0) is 16.4 Å². The minimum Gasteiger partial charge on any atom is -0.258 e. The van der Waals surface area contributed by atoms with Crippen molar-refractivity contribution < 1.29 is 13.3 Å². The first kappa shape index (κ1) is 13.6. The van der Waals surface area contributed by atoms with E-state index in [-0.39, 0.29) is 10.6 Å². The number of nitro groups is 1. The Balaban J connectivity index is 3.60. The first-order chi connectivity index (χ1) is 7.83. The molecule has 1 rings (SSSR count). The lowest BCUT2D eigenvalue weighted by molar-refractivity contribution is -0.385. The van der Waals surface area contributed by atoms with Crippen molar-refractivity contribution in [1.82, 2.24) is 4.83 Å². The summed E-state index contributed by atoms with van der Waals surface area (Å²) in [7, 11) is -3.89. The normalized spacial score (nSPS) is 11.5. The van der Waals surface area contributed by atoms with Gasteiger partial charge < -0.3 is 0 Å². The summed E-state index contributed by atoms with van der Waals surface area (Å²) < 4.78 is 23.2. The quantitative estimate of drug-likeness (QED) is 0.467. The van der Waals surface area contributed by atoms with Crippen LogP contribution in [0.3, 0.4) is 0 Å². The molecule has 0 unspecified atom stereocenters. The Kier molecular flexibility index (Phi) is 3.81. The number of non-ortho nitro benzene ring substituents is 1. The molecule has 8 heteroatoms. The summed E-state index contributed by atoms with van der Waals surface area (Å²) in [4.78, 5) is 11.6. The minimum atomic E-state index is -3.89. The van der Waals surface area contributed by atoms with Gasteiger partial charge in [-0.3, -0.25) is 16.0 Å². The van der Waals surface area contributed by atoms with E-state index in [0.717, 1.165) is 6.07 Å². The molecule has 0 aliphatic heterocycles. The molecule has 94 valence electrons. The Morgan fingerprint density at radius 2 is 2.06 bits per heavy atom. The highest BCUT2D eigenvalue weighted by Crippen LogP contribution is 2.25. The van der Waals surface area contributed by atoms with Crippen molar-refractivity contribution in [2.24, 2.45) is 5.84 Å². The Morgan fingerprint density at radius 3 is 2.47 bits per heavy atom. The maximum atomic E-state index is 11.6. The summed E-state index contributed by atoms with van der Waals surface area (Å²) in [6, 6.07) is 2.37. The number of nitrogens with zero attached hydrogens (tertiary/aromatic N) is 1. The summed E-state index contributed by atoms with van der Waals surface area (Å²) in [5, 5.41) is 10.7. The summed E-state index contributed by atoms with van der Waals surface area (Å²) in [5.74, 6) is 4.92. The molecule has 0 bridgehead atoms. The number of aryl methyl sites for hydroxylation is 1. The fourth-order valence-corrected chi connectivity index (χ4v) is 2.48. The van der Waals surface area contributed by atoms with Crippen molar-refractivity contribution >= 4 is 15.7 Å². The third kappa shape index (κ3) is 2.60. The van der Waals surface area contributed by atoms with Crippen LogP contribution < -0.4 is 10.7 Å². The topological polar surface area (TPSA) is 115 Å². The number of rotatable bonds is 4. The van der Waals surface area contributed by atoms with Crippen LogP contribution in [0.15, 0.2) is 17.0 Å². The van der Waals surface area contributed by atoms with E-state index in [1.807, 2.05) is 0 Å². The molecule has 7 nitrogen and oxygen atoms in total. The van der Waals surface area contributed by atoms with Crippen molar-refractivity contribution in [2.75, 3.05) is 0 Å². The Hall–Kier alpha value is -1.51. The van der Waals surface area contributed by atoms with E-state index >= 15 is 0 Å². The Labute approximate surface area is 98.8 Å². The molecule has 1 aromatic carbocycles. The maximum absolute atomic E-state index is 11.6. The molecule has 0 atom stereocenters. The number of hydrogen-bond donors (Lipinski definition) is 2. The molecule has 0 aliphatic carbocycles. The largest absolute Gasteiger partial charge is 0.271 e. The molecule has 0 aliphatic rings. The number of hydrazine groups is 1. The van der Waals surface area contributed by atoms with Crippen molar-refractivity contribution in [3.8, 4) is 0 Å². The molecule has 0 saturated heterocycles. The van der Waals surface area contributed by atoms with Gasteiger partial charge in [0.05, 0.1) is 9.82 Å². The second kappa shape index (κ2) is 4.78. The maximum Gasteiger partial charge on any atom is 0.271 e. The second-order valence-corrected chi connectivity index (χ2v) is 5.14. The van der Waals surface area contributed by atoms with Gasteiger partial charge in [0.25, 0.3) is 15.7 Å². The number of sulfonamides is 1.